The lowest BCUT2D eigenvalue weighted by atomic mass is 9.91. The molecule has 0 heterocycles. The Kier molecular flexibility index (Phi) is 31.1. The van der Waals surface area contributed by atoms with Crippen LogP contribution in [-0.2, 0) is 28.6 Å². The van der Waals surface area contributed by atoms with Gasteiger partial charge in [-0.25, -0.2) is 0 Å². The molecule has 0 radical (unpaired) electrons. The Hall–Kier alpha value is -1.63. The molecule has 266 valence electrons. The molecule has 0 aromatic carbocycles. The number of ether oxygens (including phenoxy) is 3. The van der Waals surface area contributed by atoms with Crippen LogP contribution >= 0.6 is 0 Å². The van der Waals surface area contributed by atoms with Crippen molar-refractivity contribution in [1.29, 1.82) is 0 Å². The average Bonchev–Trinajstić information content (AvgIpc) is 3.02. The van der Waals surface area contributed by atoms with Gasteiger partial charge in [0.1, 0.15) is 19.3 Å². The second-order valence-electron chi connectivity index (χ2n) is 13.1. The molecule has 7 heteroatoms. The van der Waals surface area contributed by atoms with E-state index >= 15 is 0 Å². The highest BCUT2D eigenvalue weighted by Crippen LogP contribution is 2.22. The van der Waals surface area contributed by atoms with Gasteiger partial charge in [0.05, 0.1) is 6.04 Å². The molecule has 3 atom stereocenters. The molecule has 1 N–H and O–H groups in total. The molecule has 0 bridgehead atoms. The second kappa shape index (κ2) is 32.3. The first-order valence-corrected chi connectivity index (χ1v) is 19.1. The van der Waals surface area contributed by atoms with Crippen LogP contribution in [0.3, 0.4) is 0 Å². The molecule has 0 saturated heterocycles. The lowest BCUT2D eigenvalue weighted by Crippen LogP contribution is -2.39. The molecular formula is C38H73NO6. The topological polar surface area (TPSA) is 90.9 Å². The van der Waals surface area contributed by atoms with Gasteiger partial charge in [-0.15, -0.1) is 0 Å². The van der Waals surface area contributed by atoms with E-state index in [4.69, 9.17) is 14.2 Å². The van der Waals surface area contributed by atoms with Crippen molar-refractivity contribution in [2.24, 2.45) is 5.92 Å². The van der Waals surface area contributed by atoms with Crippen LogP contribution in [-0.4, -0.2) is 49.8 Å². The van der Waals surface area contributed by atoms with Crippen molar-refractivity contribution >= 4 is 17.9 Å². The van der Waals surface area contributed by atoms with Crippen molar-refractivity contribution in [3.05, 3.63) is 0 Å². The van der Waals surface area contributed by atoms with Crippen molar-refractivity contribution in [3.63, 3.8) is 0 Å². The van der Waals surface area contributed by atoms with Crippen LogP contribution in [0.2, 0.25) is 0 Å². The normalized spacial score (nSPS) is 13.3. The van der Waals surface area contributed by atoms with Gasteiger partial charge in [0.25, 0.3) is 0 Å². The van der Waals surface area contributed by atoms with Crippen LogP contribution in [0.4, 0.5) is 0 Å². The molecule has 0 aromatic rings. The zero-order chi connectivity index (χ0) is 33.4. The number of nitrogens with one attached hydrogen (secondary N) is 1. The smallest absolute Gasteiger partial charge is 0.306 e. The van der Waals surface area contributed by atoms with Crippen LogP contribution in [0.5, 0.6) is 0 Å². The summed E-state index contributed by atoms with van der Waals surface area (Å²) in [4.78, 5) is 37.2. The molecule has 0 aromatic heterocycles. The largest absolute Gasteiger partial charge is 0.464 e. The molecule has 0 aliphatic heterocycles. The molecule has 0 fully saturated rings. The summed E-state index contributed by atoms with van der Waals surface area (Å²) in [6, 6.07) is -0.218. The van der Waals surface area contributed by atoms with Gasteiger partial charge in [0.2, 0.25) is 0 Å². The molecule has 0 amide bonds. The minimum atomic E-state index is -0.284. The van der Waals surface area contributed by atoms with Gasteiger partial charge in [0.15, 0.2) is 0 Å². The van der Waals surface area contributed by atoms with E-state index in [2.05, 4.69) is 39.9 Å². The first kappa shape index (κ1) is 43.4. The van der Waals surface area contributed by atoms with Gasteiger partial charge in [-0.3, -0.25) is 14.4 Å². The number of hydrogen-bond acceptors (Lipinski definition) is 7. The maximum atomic E-state index is 12.4. The Balaban J connectivity index is 4.32. The van der Waals surface area contributed by atoms with Crippen molar-refractivity contribution in [2.45, 2.75) is 201 Å². The number of rotatable bonds is 33. The summed E-state index contributed by atoms with van der Waals surface area (Å²) >= 11 is 0. The molecule has 0 spiro atoms. The van der Waals surface area contributed by atoms with Crippen LogP contribution in [0.25, 0.3) is 0 Å². The summed E-state index contributed by atoms with van der Waals surface area (Å²) in [5, 5.41) is 3.37. The fraction of sp³-hybridized carbons (Fsp3) is 0.921. The molecule has 0 rings (SSSR count). The Morgan fingerprint density at radius 3 is 1.51 bits per heavy atom. The van der Waals surface area contributed by atoms with E-state index in [9.17, 15) is 14.4 Å². The van der Waals surface area contributed by atoms with Gasteiger partial charge >= 0.3 is 17.9 Å². The molecule has 7 nitrogen and oxygen atoms in total. The molecule has 0 aliphatic rings. The van der Waals surface area contributed by atoms with Crippen LogP contribution in [0.15, 0.2) is 0 Å². The van der Waals surface area contributed by atoms with Crippen molar-refractivity contribution in [3.8, 4) is 0 Å². The van der Waals surface area contributed by atoms with Crippen LogP contribution in [0.1, 0.15) is 189 Å². The van der Waals surface area contributed by atoms with Crippen molar-refractivity contribution < 1.29 is 28.6 Å². The summed E-state index contributed by atoms with van der Waals surface area (Å²) in [6.45, 7) is 12.1. The van der Waals surface area contributed by atoms with Gasteiger partial charge in [-0.2, -0.15) is 0 Å². The summed E-state index contributed by atoms with van der Waals surface area (Å²) in [6.07, 6.45) is 24.1. The third-order valence-corrected chi connectivity index (χ3v) is 8.56. The third kappa shape index (κ3) is 28.3. The van der Waals surface area contributed by atoms with Crippen LogP contribution in [0, 0.1) is 5.92 Å². The Morgan fingerprint density at radius 2 is 0.978 bits per heavy atom. The van der Waals surface area contributed by atoms with Crippen molar-refractivity contribution in [1.82, 2.24) is 5.32 Å². The molecule has 45 heavy (non-hydrogen) atoms. The quantitative estimate of drug-likeness (QED) is 0.0434. The van der Waals surface area contributed by atoms with Crippen LogP contribution < -0.4 is 5.32 Å². The third-order valence-electron chi connectivity index (χ3n) is 8.56. The van der Waals surface area contributed by atoms with E-state index in [0.717, 1.165) is 63.8 Å². The number of esters is 3. The summed E-state index contributed by atoms with van der Waals surface area (Å²) in [5.74, 6) is 0.157. The van der Waals surface area contributed by atoms with E-state index in [0.29, 0.717) is 25.7 Å². The molecule has 3 unspecified atom stereocenters. The van der Waals surface area contributed by atoms with E-state index in [1.165, 1.54) is 70.6 Å². The lowest BCUT2D eigenvalue weighted by molar-refractivity contribution is -0.151. The lowest BCUT2D eigenvalue weighted by Gasteiger charge is -2.19. The molecular weight excluding hydrogens is 566 g/mol. The standard InChI is InChI=1S/C38H73NO6/c1-6-11-14-16-24-33(22-9-4)25-18-19-27-36(40)43-31-34(39-30-13-8-3)32-44-37(41)28-20-21-29-38(42)45-35(23-10-5)26-17-15-12-7-2/h33-35,39H,6-32H2,1-5H3. The van der Waals surface area contributed by atoms with Gasteiger partial charge < -0.3 is 19.5 Å². The van der Waals surface area contributed by atoms with Gasteiger partial charge in [-0.05, 0) is 57.4 Å². The number of carbonyl (C=O) groups excluding carboxylic acids is 3. The van der Waals surface area contributed by atoms with E-state index in [1.54, 1.807) is 0 Å². The number of unbranched alkanes of at least 4 members (excludes halogenated alkanes) is 9. The predicted molar refractivity (Wildman–Crippen MR) is 186 cm³/mol. The van der Waals surface area contributed by atoms with E-state index in [1.807, 2.05) is 0 Å². The average molecular weight is 640 g/mol. The predicted octanol–water partition coefficient (Wildman–Crippen LogP) is 10.0. The number of hydrogen-bond donors (Lipinski definition) is 1. The van der Waals surface area contributed by atoms with Gasteiger partial charge in [-0.1, -0.05) is 125 Å². The minimum absolute atomic E-state index is 0.0128. The van der Waals surface area contributed by atoms with Crippen molar-refractivity contribution in [2.75, 3.05) is 19.8 Å². The summed E-state index contributed by atoms with van der Waals surface area (Å²) in [5.41, 5.74) is 0. The first-order valence-electron chi connectivity index (χ1n) is 19.1. The highest BCUT2D eigenvalue weighted by Gasteiger charge is 2.16. The minimum Gasteiger partial charge on any atom is -0.464 e. The summed E-state index contributed by atoms with van der Waals surface area (Å²) < 4.78 is 16.8. The summed E-state index contributed by atoms with van der Waals surface area (Å²) in [7, 11) is 0. The highest BCUT2D eigenvalue weighted by atomic mass is 16.6. The maximum absolute atomic E-state index is 12.4. The zero-order valence-electron chi connectivity index (χ0n) is 30.3. The Morgan fingerprint density at radius 1 is 0.489 bits per heavy atom. The maximum Gasteiger partial charge on any atom is 0.306 e. The SMILES string of the molecule is CCCCCCC(CCC)CCCCC(=O)OCC(COC(=O)CCCCC(=O)OC(CCC)CCCCCC)NCCCC. The molecule has 0 aliphatic carbocycles. The number of carbonyl (C=O) groups is 3. The monoisotopic (exact) mass is 640 g/mol. The zero-order valence-corrected chi connectivity index (χ0v) is 30.3. The fourth-order valence-corrected chi connectivity index (χ4v) is 5.75. The first-order chi connectivity index (χ1) is 21.9. The molecule has 0 saturated carbocycles. The van der Waals surface area contributed by atoms with Gasteiger partial charge in [0, 0.05) is 19.3 Å². The fourth-order valence-electron chi connectivity index (χ4n) is 5.75. The Bertz CT molecular complexity index is 700. The second-order valence-corrected chi connectivity index (χ2v) is 13.1. The van der Waals surface area contributed by atoms with E-state index in [-0.39, 0.29) is 49.7 Å². The van der Waals surface area contributed by atoms with E-state index < -0.39 is 0 Å². The Labute approximate surface area is 278 Å². The highest BCUT2D eigenvalue weighted by molar-refractivity contribution is 5.71.